The Bertz CT molecular complexity index is 469. The van der Waals surface area contributed by atoms with Crippen molar-refractivity contribution >= 4 is 11.9 Å². The average molecular weight is 265 g/mol. The maximum absolute atomic E-state index is 12.2. The maximum Gasteiger partial charge on any atom is 0.325 e. The molecule has 1 aliphatic carbocycles. The summed E-state index contributed by atoms with van der Waals surface area (Å²) >= 11 is 0. The first kappa shape index (κ1) is 13.6. The molecule has 1 aromatic rings. The number of hydrogen-bond acceptors (Lipinski definition) is 3. The van der Waals surface area contributed by atoms with Crippen LogP contribution in [0.2, 0.25) is 0 Å². The van der Waals surface area contributed by atoms with Crippen LogP contribution in [0.5, 0.6) is 0 Å². The fourth-order valence-electron chi connectivity index (χ4n) is 2.55. The number of carbonyl (C=O) groups is 2. The molecule has 2 rings (SSSR count). The fraction of sp³-hybridized carbons (Fsp3) is 0.615. The smallest absolute Gasteiger partial charge is 0.325 e. The molecular formula is C13H19N3O3. The van der Waals surface area contributed by atoms with E-state index in [0.29, 0.717) is 11.6 Å². The molecule has 0 spiro atoms. The highest BCUT2D eigenvalue weighted by Gasteiger charge is 2.24. The van der Waals surface area contributed by atoms with Crippen LogP contribution in [0.3, 0.4) is 0 Å². The third kappa shape index (κ3) is 3.33. The molecule has 6 nitrogen and oxygen atoms in total. The number of carboxylic acid groups (broad SMARTS) is 1. The lowest BCUT2D eigenvalue weighted by atomic mass is 9.86. The van der Waals surface area contributed by atoms with E-state index in [2.05, 4.69) is 17.3 Å². The van der Waals surface area contributed by atoms with Gasteiger partial charge in [-0.25, -0.2) is 4.68 Å². The van der Waals surface area contributed by atoms with E-state index in [-0.39, 0.29) is 18.5 Å². The van der Waals surface area contributed by atoms with E-state index in [9.17, 15) is 9.59 Å². The van der Waals surface area contributed by atoms with Crippen LogP contribution in [-0.4, -0.2) is 32.8 Å². The number of aromatic nitrogens is 2. The average Bonchev–Trinajstić information content (AvgIpc) is 2.79. The summed E-state index contributed by atoms with van der Waals surface area (Å²) in [5.41, 5.74) is 0.306. The zero-order valence-electron chi connectivity index (χ0n) is 11.0. The Hall–Kier alpha value is -1.85. The SMILES string of the molecule is CC1CCCCC1NC(=O)c1ccnn1CC(=O)O. The fourth-order valence-corrected chi connectivity index (χ4v) is 2.55. The lowest BCUT2D eigenvalue weighted by Crippen LogP contribution is -2.41. The Kier molecular flexibility index (Phi) is 4.19. The van der Waals surface area contributed by atoms with Crippen molar-refractivity contribution in [2.75, 3.05) is 0 Å². The molecule has 2 atom stereocenters. The van der Waals surface area contributed by atoms with Crippen LogP contribution in [0, 0.1) is 5.92 Å². The van der Waals surface area contributed by atoms with Crippen LogP contribution in [0.25, 0.3) is 0 Å². The van der Waals surface area contributed by atoms with Crippen LogP contribution >= 0.6 is 0 Å². The summed E-state index contributed by atoms with van der Waals surface area (Å²) in [5, 5.41) is 15.6. The van der Waals surface area contributed by atoms with Gasteiger partial charge in [0.1, 0.15) is 12.2 Å². The number of aliphatic carboxylic acids is 1. The number of rotatable bonds is 4. The van der Waals surface area contributed by atoms with Crippen molar-refractivity contribution in [3.63, 3.8) is 0 Å². The maximum atomic E-state index is 12.2. The molecule has 0 radical (unpaired) electrons. The normalized spacial score (nSPS) is 23.0. The summed E-state index contributed by atoms with van der Waals surface area (Å²) in [6, 6.07) is 1.72. The zero-order valence-corrected chi connectivity index (χ0v) is 11.0. The Balaban J connectivity index is 2.03. The van der Waals surface area contributed by atoms with Crippen LogP contribution in [-0.2, 0) is 11.3 Å². The molecular weight excluding hydrogens is 246 g/mol. The molecule has 6 heteroatoms. The topological polar surface area (TPSA) is 84.2 Å². The first-order valence-corrected chi connectivity index (χ1v) is 6.62. The van der Waals surface area contributed by atoms with Crippen molar-refractivity contribution in [1.82, 2.24) is 15.1 Å². The molecule has 104 valence electrons. The highest BCUT2D eigenvalue weighted by atomic mass is 16.4. The van der Waals surface area contributed by atoms with Crippen LogP contribution in [0.15, 0.2) is 12.3 Å². The molecule has 1 aromatic heterocycles. The van der Waals surface area contributed by atoms with E-state index in [1.165, 1.54) is 17.3 Å². The summed E-state index contributed by atoms with van der Waals surface area (Å²) in [6.45, 7) is 1.84. The monoisotopic (exact) mass is 265 g/mol. The molecule has 2 unspecified atom stereocenters. The lowest BCUT2D eigenvalue weighted by Gasteiger charge is -2.29. The van der Waals surface area contributed by atoms with E-state index in [1.54, 1.807) is 6.07 Å². The van der Waals surface area contributed by atoms with Gasteiger partial charge in [0.2, 0.25) is 0 Å². The third-order valence-electron chi connectivity index (χ3n) is 3.66. The van der Waals surface area contributed by atoms with Crippen LogP contribution in [0.4, 0.5) is 0 Å². The van der Waals surface area contributed by atoms with E-state index in [4.69, 9.17) is 5.11 Å². The molecule has 1 heterocycles. The van der Waals surface area contributed by atoms with Gasteiger partial charge < -0.3 is 10.4 Å². The van der Waals surface area contributed by atoms with Gasteiger partial charge in [-0.2, -0.15) is 5.10 Å². The standard InChI is InChI=1S/C13H19N3O3/c1-9-4-2-3-5-10(9)15-13(19)11-6-7-14-16(11)8-12(17)18/h6-7,9-10H,2-5,8H2,1H3,(H,15,19)(H,17,18). The van der Waals surface area contributed by atoms with Gasteiger partial charge >= 0.3 is 5.97 Å². The molecule has 1 fully saturated rings. The van der Waals surface area contributed by atoms with Crippen molar-refractivity contribution in [2.24, 2.45) is 5.92 Å². The van der Waals surface area contributed by atoms with Gasteiger partial charge in [-0.05, 0) is 24.8 Å². The zero-order chi connectivity index (χ0) is 13.8. The largest absolute Gasteiger partial charge is 0.480 e. The second kappa shape index (κ2) is 5.86. The second-order valence-corrected chi connectivity index (χ2v) is 5.11. The number of amides is 1. The third-order valence-corrected chi connectivity index (χ3v) is 3.66. The molecule has 0 aliphatic heterocycles. The van der Waals surface area contributed by atoms with Crippen molar-refractivity contribution in [2.45, 2.75) is 45.2 Å². The predicted octanol–water partition coefficient (Wildman–Crippen LogP) is 1.28. The van der Waals surface area contributed by atoms with E-state index in [0.717, 1.165) is 19.3 Å². The summed E-state index contributed by atoms with van der Waals surface area (Å²) in [7, 11) is 0. The van der Waals surface area contributed by atoms with Crippen molar-refractivity contribution in [1.29, 1.82) is 0 Å². The molecule has 0 aromatic carbocycles. The lowest BCUT2D eigenvalue weighted by molar-refractivity contribution is -0.137. The highest BCUT2D eigenvalue weighted by molar-refractivity contribution is 5.93. The van der Waals surface area contributed by atoms with Gasteiger partial charge in [0.05, 0.1) is 0 Å². The minimum atomic E-state index is -1.01. The number of hydrogen-bond donors (Lipinski definition) is 2. The van der Waals surface area contributed by atoms with Gasteiger partial charge in [-0.15, -0.1) is 0 Å². The molecule has 0 saturated heterocycles. The Morgan fingerprint density at radius 1 is 1.47 bits per heavy atom. The molecule has 0 bridgehead atoms. The molecule has 1 amide bonds. The minimum Gasteiger partial charge on any atom is -0.480 e. The first-order valence-electron chi connectivity index (χ1n) is 6.62. The van der Waals surface area contributed by atoms with Gasteiger partial charge in [0.25, 0.3) is 5.91 Å². The van der Waals surface area contributed by atoms with E-state index in [1.807, 2.05) is 0 Å². The van der Waals surface area contributed by atoms with Gasteiger partial charge in [-0.3, -0.25) is 9.59 Å². The number of nitrogens with zero attached hydrogens (tertiary/aromatic N) is 2. The number of nitrogens with one attached hydrogen (secondary N) is 1. The molecule has 19 heavy (non-hydrogen) atoms. The van der Waals surface area contributed by atoms with Gasteiger partial charge in [0.15, 0.2) is 0 Å². The quantitative estimate of drug-likeness (QED) is 0.858. The van der Waals surface area contributed by atoms with Crippen molar-refractivity contribution < 1.29 is 14.7 Å². The molecule has 2 N–H and O–H groups in total. The van der Waals surface area contributed by atoms with E-state index < -0.39 is 5.97 Å². The minimum absolute atomic E-state index is 0.175. The van der Waals surface area contributed by atoms with E-state index >= 15 is 0 Å². The first-order chi connectivity index (χ1) is 9.08. The predicted molar refractivity (Wildman–Crippen MR) is 68.7 cm³/mol. The van der Waals surface area contributed by atoms with Crippen molar-refractivity contribution in [3.05, 3.63) is 18.0 Å². The highest BCUT2D eigenvalue weighted by Crippen LogP contribution is 2.23. The molecule has 1 saturated carbocycles. The van der Waals surface area contributed by atoms with Crippen LogP contribution < -0.4 is 5.32 Å². The summed E-state index contributed by atoms with van der Waals surface area (Å²) in [5.74, 6) is -0.783. The summed E-state index contributed by atoms with van der Waals surface area (Å²) in [6.07, 6.45) is 5.90. The number of carboxylic acids is 1. The Labute approximate surface area is 111 Å². The van der Waals surface area contributed by atoms with Gasteiger partial charge in [0, 0.05) is 12.2 Å². The summed E-state index contributed by atoms with van der Waals surface area (Å²) in [4.78, 5) is 22.8. The van der Waals surface area contributed by atoms with Gasteiger partial charge in [-0.1, -0.05) is 19.8 Å². The Morgan fingerprint density at radius 3 is 2.89 bits per heavy atom. The summed E-state index contributed by atoms with van der Waals surface area (Å²) < 4.78 is 1.21. The second-order valence-electron chi connectivity index (χ2n) is 5.11. The van der Waals surface area contributed by atoms with Crippen LogP contribution in [0.1, 0.15) is 43.1 Å². The number of carbonyl (C=O) groups excluding carboxylic acids is 1. The molecule has 1 aliphatic rings. The van der Waals surface area contributed by atoms with Crippen molar-refractivity contribution in [3.8, 4) is 0 Å². The Morgan fingerprint density at radius 2 is 2.21 bits per heavy atom.